The summed E-state index contributed by atoms with van der Waals surface area (Å²) in [5.41, 5.74) is 1.63. The molecule has 0 radical (unpaired) electrons. The summed E-state index contributed by atoms with van der Waals surface area (Å²) in [5, 5.41) is 2.92. The molecule has 0 saturated carbocycles. The Morgan fingerprint density at radius 1 is 1.19 bits per heavy atom. The van der Waals surface area contributed by atoms with E-state index in [1.165, 1.54) is 37.4 Å². The number of carbonyl (C=O) groups is 1. The lowest BCUT2D eigenvalue weighted by atomic mass is 10.1. The average Bonchev–Trinajstić information content (AvgIpc) is 2.44. The van der Waals surface area contributed by atoms with Gasteiger partial charge in [0.2, 0.25) is 0 Å². The van der Waals surface area contributed by atoms with E-state index >= 15 is 0 Å². The number of rotatable bonds is 3. The number of hydrogen-bond donors (Lipinski definition) is 1. The van der Waals surface area contributed by atoms with Crippen molar-refractivity contribution in [3.63, 3.8) is 0 Å². The average molecular weight is 356 g/mol. The van der Waals surface area contributed by atoms with Crippen molar-refractivity contribution in [3.05, 3.63) is 57.6 Å². The molecular weight excluding hydrogens is 344 g/mol. The van der Waals surface area contributed by atoms with Crippen molar-refractivity contribution in [2.45, 2.75) is 6.92 Å². The zero-order valence-corrected chi connectivity index (χ0v) is 12.9. The van der Waals surface area contributed by atoms with Crippen LogP contribution in [-0.2, 0) is 4.74 Å². The third-order valence-electron chi connectivity index (χ3n) is 2.92. The molecule has 0 heterocycles. The van der Waals surface area contributed by atoms with Crippen LogP contribution in [0, 0.1) is 18.6 Å². The van der Waals surface area contributed by atoms with Crippen LogP contribution < -0.4 is 5.32 Å². The van der Waals surface area contributed by atoms with E-state index in [2.05, 4.69) is 26.0 Å². The summed E-state index contributed by atoms with van der Waals surface area (Å²) in [6, 6.07) is 6.66. The number of nitrogens with one attached hydrogen (secondary N) is 1. The number of aryl methyl sites for hydroxylation is 1. The fourth-order valence-electron chi connectivity index (χ4n) is 1.84. The molecule has 0 atom stereocenters. The Labute approximate surface area is 129 Å². The quantitative estimate of drug-likeness (QED) is 0.819. The molecule has 0 amide bonds. The summed E-state index contributed by atoms with van der Waals surface area (Å²) in [4.78, 5) is 11.8. The Kier molecular flexibility index (Phi) is 4.57. The lowest BCUT2D eigenvalue weighted by Crippen LogP contribution is -2.07. The Morgan fingerprint density at radius 2 is 1.90 bits per heavy atom. The van der Waals surface area contributed by atoms with Gasteiger partial charge in [0.25, 0.3) is 0 Å². The molecule has 0 saturated heterocycles. The molecule has 0 aliphatic carbocycles. The van der Waals surface area contributed by atoms with E-state index in [-0.39, 0.29) is 21.5 Å². The van der Waals surface area contributed by atoms with Gasteiger partial charge in [0.05, 0.1) is 22.8 Å². The van der Waals surface area contributed by atoms with Crippen LogP contribution in [0.1, 0.15) is 15.9 Å². The summed E-state index contributed by atoms with van der Waals surface area (Å²) in [5.74, 6) is -1.49. The molecule has 0 fully saturated rings. The first kappa shape index (κ1) is 15.4. The smallest absolute Gasteiger partial charge is 0.340 e. The molecule has 0 bridgehead atoms. The van der Waals surface area contributed by atoms with Crippen molar-refractivity contribution < 1.29 is 18.3 Å². The Bertz CT molecular complexity index is 704. The van der Waals surface area contributed by atoms with Gasteiger partial charge in [-0.15, -0.1) is 0 Å². The summed E-state index contributed by atoms with van der Waals surface area (Å²) in [7, 11) is 1.24. The van der Waals surface area contributed by atoms with Crippen molar-refractivity contribution in [2.75, 3.05) is 12.4 Å². The van der Waals surface area contributed by atoms with E-state index < -0.39 is 11.8 Å². The number of esters is 1. The van der Waals surface area contributed by atoms with Crippen LogP contribution in [-0.4, -0.2) is 13.1 Å². The first-order valence-corrected chi connectivity index (χ1v) is 6.82. The van der Waals surface area contributed by atoms with E-state index in [1.54, 1.807) is 6.92 Å². The number of hydrogen-bond acceptors (Lipinski definition) is 3. The summed E-state index contributed by atoms with van der Waals surface area (Å²) >= 11 is 3.03. The zero-order chi connectivity index (χ0) is 15.6. The fraction of sp³-hybridized carbons (Fsp3) is 0.133. The van der Waals surface area contributed by atoms with Gasteiger partial charge in [-0.1, -0.05) is 0 Å². The van der Waals surface area contributed by atoms with Crippen LogP contribution in [0.4, 0.5) is 20.2 Å². The molecule has 0 unspecified atom stereocenters. The highest BCUT2D eigenvalue weighted by Gasteiger charge is 2.16. The van der Waals surface area contributed by atoms with Gasteiger partial charge in [-0.2, -0.15) is 0 Å². The van der Waals surface area contributed by atoms with Gasteiger partial charge in [-0.3, -0.25) is 0 Å². The monoisotopic (exact) mass is 355 g/mol. The van der Waals surface area contributed by atoms with E-state index in [0.717, 1.165) is 0 Å². The van der Waals surface area contributed by atoms with Gasteiger partial charge >= 0.3 is 5.97 Å². The Balaban J connectivity index is 2.47. The van der Waals surface area contributed by atoms with Crippen molar-refractivity contribution in [2.24, 2.45) is 0 Å². The molecule has 0 aliphatic rings. The second kappa shape index (κ2) is 6.22. The molecule has 1 N–H and O–H groups in total. The van der Waals surface area contributed by atoms with Gasteiger partial charge in [-0.05, 0) is 58.7 Å². The molecule has 21 heavy (non-hydrogen) atoms. The largest absolute Gasteiger partial charge is 0.465 e. The van der Waals surface area contributed by atoms with E-state index in [0.29, 0.717) is 11.3 Å². The molecule has 0 aromatic heterocycles. The van der Waals surface area contributed by atoms with Crippen molar-refractivity contribution in [3.8, 4) is 0 Å². The highest BCUT2D eigenvalue weighted by Crippen LogP contribution is 2.29. The lowest BCUT2D eigenvalue weighted by Gasteiger charge is -2.14. The van der Waals surface area contributed by atoms with Crippen LogP contribution in [0.25, 0.3) is 0 Å². The first-order chi connectivity index (χ1) is 9.92. The van der Waals surface area contributed by atoms with E-state index in [9.17, 15) is 13.6 Å². The number of anilines is 2. The van der Waals surface area contributed by atoms with E-state index in [1.807, 2.05) is 0 Å². The molecule has 6 heteroatoms. The molecule has 2 aromatic carbocycles. The van der Waals surface area contributed by atoms with Crippen LogP contribution in [0.2, 0.25) is 0 Å². The highest BCUT2D eigenvalue weighted by atomic mass is 79.9. The Hall–Kier alpha value is -1.95. The molecule has 2 aromatic rings. The van der Waals surface area contributed by atoms with Crippen molar-refractivity contribution in [1.29, 1.82) is 0 Å². The van der Waals surface area contributed by atoms with E-state index in [4.69, 9.17) is 0 Å². The minimum absolute atomic E-state index is 0.157. The van der Waals surface area contributed by atoms with Gasteiger partial charge in [0.1, 0.15) is 11.6 Å². The number of benzene rings is 2. The maximum absolute atomic E-state index is 13.7. The molecule has 0 spiro atoms. The molecule has 0 aliphatic heterocycles. The third-order valence-corrected chi connectivity index (χ3v) is 3.53. The van der Waals surface area contributed by atoms with Gasteiger partial charge in [0.15, 0.2) is 0 Å². The molecule has 110 valence electrons. The number of halogens is 3. The second-order valence-corrected chi connectivity index (χ2v) is 5.24. The minimum atomic E-state index is -0.599. The summed E-state index contributed by atoms with van der Waals surface area (Å²) < 4.78 is 31.6. The maximum atomic E-state index is 13.7. The molecular formula is C15H12BrF2NO2. The normalized spacial score (nSPS) is 10.3. The number of methoxy groups -OCH3 is 1. The fourth-order valence-corrected chi connectivity index (χ4v) is 2.18. The highest BCUT2D eigenvalue weighted by molar-refractivity contribution is 9.10. The van der Waals surface area contributed by atoms with Gasteiger partial charge in [0, 0.05) is 5.69 Å². The SMILES string of the molecule is COC(=O)c1cc(Br)c(F)cc1Nc1ccc(F)cc1C. The molecule has 3 nitrogen and oxygen atoms in total. The van der Waals surface area contributed by atoms with Crippen LogP contribution in [0.3, 0.4) is 0 Å². The topological polar surface area (TPSA) is 38.3 Å². The standard InChI is InChI=1S/C15H12BrF2NO2/c1-8-5-9(17)3-4-13(8)19-14-7-12(18)11(16)6-10(14)15(20)21-2/h3-7,19H,1-2H3. The van der Waals surface area contributed by atoms with Crippen molar-refractivity contribution >= 4 is 33.3 Å². The zero-order valence-electron chi connectivity index (χ0n) is 11.3. The van der Waals surface area contributed by atoms with Crippen LogP contribution in [0.15, 0.2) is 34.8 Å². The maximum Gasteiger partial charge on any atom is 0.340 e. The first-order valence-electron chi connectivity index (χ1n) is 6.03. The summed E-state index contributed by atoms with van der Waals surface area (Å²) in [6.07, 6.45) is 0. The number of ether oxygens (including phenoxy) is 1. The van der Waals surface area contributed by atoms with Crippen molar-refractivity contribution in [1.82, 2.24) is 0 Å². The third kappa shape index (κ3) is 3.39. The van der Waals surface area contributed by atoms with Gasteiger partial charge < -0.3 is 10.1 Å². The minimum Gasteiger partial charge on any atom is -0.465 e. The summed E-state index contributed by atoms with van der Waals surface area (Å²) in [6.45, 7) is 1.71. The lowest BCUT2D eigenvalue weighted by molar-refractivity contribution is 0.0601. The second-order valence-electron chi connectivity index (χ2n) is 4.39. The van der Waals surface area contributed by atoms with Crippen LogP contribution >= 0.6 is 15.9 Å². The van der Waals surface area contributed by atoms with Crippen LogP contribution in [0.5, 0.6) is 0 Å². The van der Waals surface area contributed by atoms with Gasteiger partial charge in [-0.25, -0.2) is 13.6 Å². The Morgan fingerprint density at radius 3 is 2.52 bits per heavy atom. The molecule has 2 rings (SSSR count). The predicted molar refractivity (Wildman–Crippen MR) is 79.9 cm³/mol. The number of carbonyl (C=O) groups excluding carboxylic acids is 1. The predicted octanol–water partition coefficient (Wildman–Crippen LogP) is 4.57.